The fraction of sp³-hybridized carbons (Fsp3) is 0.867. The number of allylic oxidation sites excluding steroid dienone is 1. The minimum Gasteiger partial charge on any atom is -0.390 e. The van der Waals surface area contributed by atoms with Crippen molar-refractivity contribution in [2.45, 2.75) is 76.4 Å². The molecule has 0 aliphatic heterocycles. The third-order valence-corrected chi connectivity index (χ3v) is 4.15. The number of aliphatic hydroxyl groups excluding tert-OH is 1. The molecule has 100 valence electrons. The molecule has 0 aromatic rings. The van der Waals surface area contributed by atoms with Crippen LogP contribution in [0.5, 0.6) is 0 Å². The van der Waals surface area contributed by atoms with Crippen molar-refractivity contribution in [2.24, 2.45) is 5.92 Å². The average molecular weight is 240 g/mol. The highest BCUT2D eigenvalue weighted by molar-refractivity contribution is 4.90. The topological polar surface area (TPSA) is 40.5 Å². The molecule has 0 amide bonds. The average Bonchev–Trinajstić information content (AvgIpc) is 2.32. The Morgan fingerprint density at radius 2 is 1.94 bits per heavy atom. The second-order valence-electron chi connectivity index (χ2n) is 5.73. The molecule has 0 spiro atoms. The van der Waals surface area contributed by atoms with Gasteiger partial charge < -0.3 is 10.2 Å². The normalized spacial score (nSPS) is 31.1. The van der Waals surface area contributed by atoms with Crippen LogP contribution in [-0.4, -0.2) is 21.9 Å². The molecule has 2 nitrogen and oxygen atoms in total. The monoisotopic (exact) mass is 240 g/mol. The second kappa shape index (κ2) is 7.17. The zero-order chi connectivity index (χ0) is 12.7. The number of unbranched alkanes of at least 4 members (excludes halogenated alkanes) is 3. The van der Waals surface area contributed by atoms with Gasteiger partial charge in [0.25, 0.3) is 0 Å². The molecule has 1 aliphatic rings. The summed E-state index contributed by atoms with van der Waals surface area (Å²) in [6, 6.07) is 0. The summed E-state index contributed by atoms with van der Waals surface area (Å²) in [7, 11) is 0. The molecule has 2 N–H and O–H groups in total. The maximum atomic E-state index is 10.4. The minimum atomic E-state index is -0.801. The van der Waals surface area contributed by atoms with Crippen molar-refractivity contribution in [1.29, 1.82) is 0 Å². The molecule has 0 aromatic carbocycles. The summed E-state index contributed by atoms with van der Waals surface area (Å²) in [5, 5.41) is 20.5. The minimum absolute atomic E-state index is 0.529. The Morgan fingerprint density at radius 1 is 1.29 bits per heavy atom. The van der Waals surface area contributed by atoms with Crippen LogP contribution in [0.2, 0.25) is 0 Å². The van der Waals surface area contributed by atoms with E-state index >= 15 is 0 Å². The Labute approximate surface area is 106 Å². The molecule has 0 bridgehead atoms. The molecule has 0 aromatic heterocycles. The van der Waals surface area contributed by atoms with Crippen molar-refractivity contribution in [3.8, 4) is 0 Å². The van der Waals surface area contributed by atoms with Crippen molar-refractivity contribution in [2.75, 3.05) is 0 Å². The maximum absolute atomic E-state index is 10.4. The van der Waals surface area contributed by atoms with Gasteiger partial charge in [-0.3, -0.25) is 0 Å². The standard InChI is InChI=1S/C15H28O2/c1-3-4-5-6-7-8-14(16)15(17)11-9-13(2)10-12-15/h3,13-14,16-17H,1,4-12H2,2H3. The summed E-state index contributed by atoms with van der Waals surface area (Å²) in [5.41, 5.74) is -0.801. The Bertz CT molecular complexity index is 217. The Balaban J connectivity index is 2.21. The first-order chi connectivity index (χ1) is 8.08. The van der Waals surface area contributed by atoms with E-state index in [4.69, 9.17) is 0 Å². The van der Waals surface area contributed by atoms with E-state index in [0.717, 1.165) is 57.8 Å². The highest BCUT2D eigenvalue weighted by Gasteiger charge is 2.37. The van der Waals surface area contributed by atoms with Crippen LogP contribution in [0.3, 0.4) is 0 Å². The first kappa shape index (κ1) is 14.7. The number of hydrogen-bond donors (Lipinski definition) is 2. The lowest BCUT2D eigenvalue weighted by Gasteiger charge is -2.38. The molecule has 1 rings (SSSR count). The molecule has 1 aliphatic carbocycles. The van der Waals surface area contributed by atoms with Gasteiger partial charge in [-0.05, 0) is 50.9 Å². The summed E-state index contributed by atoms with van der Waals surface area (Å²) in [6.45, 7) is 5.92. The maximum Gasteiger partial charge on any atom is 0.0905 e. The molecule has 1 fully saturated rings. The van der Waals surface area contributed by atoms with Gasteiger partial charge in [0.2, 0.25) is 0 Å². The molecule has 1 atom stereocenters. The van der Waals surface area contributed by atoms with Crippen molar-refractivity contribution < 1.29 is 10.2 Å². The third-order valence-electron chi connectivity index (χ3n) is 4.15. The summed E-state index contributed by atoms with van der Waals surface area (Å²) in [6.07, 6.45) is 10.1. The van der Waals surface area contributed by atoms with Crippen LogP contribution >= 0.6 is 0 Å². The van der Waals surface area contributed by atoms with Crippen LogP contribution in [0.15, 0.2) is 12.7 Å². The molecular weight excluding hydrogens is 212 g/mol. The summed E-state index contributed by atoms with van der Waals surface area (Å²) in [4.78, 5) is 0. The van der Waals surface area contributed by atoms with E-state index in [2.05, 4.69) is 13.5 Å². The van der Waals surface area contributed by atoms with E-state index in [0.29, 0.717) is 5.92 Å². The van der Waals surface area contributed by atoms with E-state index in [9.17, 15) is 10.2 Å². The van der Waals surface area contributed by atoms with Crippen molar-refractivity contribution >= 4 is 0 Å². The van der Waals surface area contributed by atoms with Gasteiger partial charge in [0.05, 0.1) is 11.7 Å². The lowest BCUT2D eigenvalue weighted by molar-refractivity contribution is -0.106. The fourth-order valence-electron chi connectivity index (χ4n) is 2.67. The zero-order valence-electron chi connectivity index (χ0n) is 11.2. The first-order valence-corrected chi connectivity index (χ1v) is 7.10. The smallest absolute Gasteiger partial charge is 0.0905 e. The number of hydrogen-bond acceptors (Lipinski definition) is 2. The van der Waals surface area contributed by atoms with Crippen LogP contribution in [-0.2, 0) is 0 Å². The number of rotatable bonds is 7. The Hall–Kier alpha value is -0.340. The molecule has 1 unspecified atom stereocenters. The van der Waals surface area contributed by atoms with E-state index < -0.39 is 11.7 Å². The lowest BCUT2D eigenvalue weighted by Crippen LogP contribution is -2.45. The number of aliphatic hydroxyl groups is 2. The molecular formula is C15H28O2. The van der Waals surface area contributed by atoms with Gasteiger partial charge in [-0.2, -0.15) is 0 Å². The van der Waals surface area contributed by atoms with E-state index in [-0.39, 0.29) is 0 Å². The molecule has 2 heteroatoms. The molecule has 17 heavy (non-hydrogen) atoms. The van der Waals surface area contributed by atoms with E-state index in [1.54, 1.807) is 0 Å². The van der Waals surface area contributed by atoms with E-state index in [1.807, 2.05) is 6.08 Å². The van der Waals surface area contributed by atoms with Gasteiger partial charge in [0.1, 0.15) is 0 Å². The first-order valence-electron chi connectivity index (χ1n) is 7.10. The molecule has 0 heterocycles. The lowest BCUT2D eigenvalue weighted by atomic mass is 9.75. The van der Waals surface area contributed by atoms with Gasteiger partial charge in [-0.1, -0.05) is 25.8 Å². The van der Waals surface area contributed by atoms with E-state index in [1.165, 1.54) is 0 Å². The van der Waals surface area contributed by atoms with Gasteiger partial charge in [0, 0.05) is 0 Å². The largest absolute Gasteiger partial charge is 0.390 e. The van der Waals surface area contributed by atoms with Gasteiger partial charge in [0.15, 0.2) is 0 Å². The molecule has 0 radical (unpaired) electrons. The highest BCUT2D eigenvalue weighted by atomic mass is 16.3. The SMILES string of the molecule is C=CCCCCCC(O)C1(O)CCC(C)CC1. The summed E-state index contributed by atoms with van der Waals surface area (Å²) in [5.74, 6) is 0.704. The van der Waals surface area contributed by atoms with Crippen molar-refractivity contribution in [1.82, 2.24) is 0 Å². The molecule has 0 saturated heterocycles. The van der Waals surface area contributed by atoms with Gasteiger partial charge in [-0.15, -0.1) is 6.58 Å². The summed E-state index contributed by atoms with van der Waals surface area (Å²) < 4.78 is 0. The molecule has 1 saturated carbocycles. The van der Waals surface area contributed by atoms with Crippen LogP contribution in [0.25, 0.3) is 0 Å². The van der Waals surface area contributed by atoms with Crippen LogP contribution in [0.1, 0.15) is 64.7 Å². The van der Waals surface area contributed by atoms with Crippen LogP contribution in [0, 0.1) is 5.92 Å². The highest BCUT2D eigenvalue weighted by Crippen LogP contribution is 2.35. The quantitative estimate of drug-likeness (QED) is 0.529. The Kier molecular flexibility index (Phi) is 6.21. The second-order valence-corrected chi connectivity index (χ2v) is 5.73. The third kappa shape index (κ3) is 4.81. The van der Waals surface area contributed by atoms with Gasteiger partial charge >= 0.3 is 0 Å². The predicted octanol–water partition coefficient (Wildman–Crippen LogP) is 3.43. The Morgan fingerprint density at radius 3 is 2.53 bits per heavy atom. The zero-order valence-corrected chi connectivity index (χ0v) is 11.2. The van der Waals surface area contributed by atoms with Crippen LogP contribution < -0.4 is 0 Å². The predicted molar refractivity (Wildman–Crippen MR) is 71.9 cm³/mol. The van der Waals surface area contributed by atoms with Crippen LogP contribution in [0.4, 0.5) is 0 Å². The fourth-order valence-corrected chi connectivity index (χ4v) is 2.67. The van der Waals surface area contributed by atoms with Crippen molar-refractivity contribution in [3.63, 3.8) is 0 Å². The van der Waals surface area contributed by atoms with Gasteiger partial charge in [-0.25, -0.2) is 0 Å². The summed E-state index contributed by atoms with van der Waals surface area (Å²) >= 11 is 0. The van der Waals surface area contributed by atoms with Crippen molar-refractivity contribution in [3.05, 3.63) is 12.7 Å².